The van der Waals surface area contributed by atoms with Gasteiger partial charge in [0.25, 0.3) is 0 Å². The van der Waals surface area contributed by atoms with Crippen molar-refractivity contribution in [3.63, 3.8) is 0 Å². The third kappa shape index (κ3) is 9.19. The van der Waals surface area contributed by atoms with E-state index in [4.69, 9.17) is 4.74 Å². The van der Waals surface area contributed by atoms with Gasteiger partial charge in [-0.1, -0.05) is 32.0 Å². The number of pyridine rings is 1. The number of hydrogen-bond donors (Lipinski definition) is 2. The highest BCUT2D eigenvalue weighted by Crippen LogP contribution is 2.18. The number of benzene rings is 1. The van der Waals surface area contributed by atoms with Crippen molar-refractivity contribution in [2.24, 2.45) is 10.9 Å². The molecule has 6 nitrogen and oxygen atoms in total. The molecule has 2 aromatic rings. The van der Waals surface area contributed by atoms with Crippen LogP contribution in [-0.2, 0) is 6.54 Å². The molecule has 1 heterocycles. The summed E-state index contributed by atoms with van der Waals surface area (Å²) in [5, 5.41) is 6.76. The lowest BCUT2D eigenvalue weighted by molar-refractivity contribution is 0.271. The summed E-state index contributed by atoms with van der Waals surface area (Å²) in [6.45, 7) is 8.65. The summed E-state index contributed by atoms with van der Waals surface area (Å²) < 4.78 is 7.48. The Morgan fingerprint density at radius 3 is 2.47 bits per heavy atom. The summed E-state index contributed by atoms with van der Waals surface area (Å²) >= 11 is 0. The van der Waals surface area contributed by atoms with E-state index in [1.54, 1.807) is 23.7 Å². The van der Waals surface area contributed by atoms with Gasteiger partial charge in [-0.2, -0.15) is 0 Å². The average Bonchev–Trinajstić information content (AvgIpc) is 2.72. The van der Waals surface area contributed by atoms with E-state index in [0.29, 0.717) is 5.92 Å². The third-order valence-corrected chi connectivity index (χ3v) is 4.56. The van der Waals surface area contributed by atoms with Crippen molar-refractivity contribution in [2.45, 2.75) is 46.2 Å². The second kappa shape index (κ2) is 14.1. The monoisotopic (exact) mass is 526 g/mol. The van der Waals surface area contributed by atoms with Gasteiger partial charge >= 0.3 is 0 Å². The van der Waals surface area contributed by atoms with Crippen LogP contribution in [0.15, 0.2) is 58.4 Å². The van der Waals surface area contributed by atoms with E-state index < -0.39 is 0 Å². The summed E-state index contributed by atoms with van der Waals surface area (Å²) in [6.07, 6.45) is 3.72. The molecule has 0 spiro atoms. The minimum Gasteiger partial charge on any atom is -0.493 e. The zero-order valence-corrected chi connectivity index (χ0v) is 20.8. The van der Waals surface area contributed by atoms with Crippen LogP contribution >= 0.6 is 24.0 Å². The average molecular weight is 526 g/mol. The number of aromatic nitrogens is 1. The minimum atomic E-state index is 0. The van der Waals surface area contributed by atoms with Gasteiger partial charge in [-0.25, -0.2) is 0 Å². The molecular formula is C23H35IN4O2. The first-order valence-corrected chi connectivity index (χ1v) is 10.3. The molecule has 2 rings (SSSR count). The molecule has 0 fully saturated rings. The van der Waals surface area contributed by atoms with Gasteiger partial charge in [0, 0.05) is 32.4 Å². The Kier molecular flexibility index (Phi) is 12.2. The van der Waals surface area contributed by atoms with E-state index in [0.717, 1.165) is 44.2 Å². The number of hydrogen-bond acceptors (Lipinski definition) is 3. The van der Waals surface area contributed by atoms with E-state index in [1.165, 1.54) is 5.56 Å². The number of rotatable bonds is 10. The lowest BCUT2D eigenvalue weighted by atomic mass is 10.1. The fourth-order valence-electron chi connectivity index (χ4n) is 2.86. The molecule has 7 heteroatoms. The van der Waals surface area contributed by atoms with Crippen molar-refractivity contribution in [1.82, 2.24) is 15.2 Å². The Balaban J connectivity index is 0.00000450. The van der Waals surface area contributed by atoms with Gasteiger partial charge in [0.15, 0.2) is 5.96 Å². The zero-order valence-electron chi connectivity index (χ0n) is 18.4. The maximum absolute atomic E-state index is 11.7. The van der Waals surface area contributed by atoms with E-state index >= 15 is 0 Å². The molecule has 0 aliphatic carbocycles. The largest absolute Gasteiger partial charge is 0.493 e. The highest BCUT2D eigenvalue weighted by Gasteiger charge is 2.08. The van der Waals surface area contributed by atoms with Gasteiger partial charge in [0.05, 0.1) is 12.6 Å². The SMILES string of the molecule is CN=C(NCCCCn1ccccc1=O)NC(C)c1ccc(OCC(C)C)cc1.I. The number of aryl methyl sites for hydroxylation is 1. The molecule has 2 N–H and O–H groups in total. The summed E-state index contributed by atoms with van der Waals surface area (Å²) in [4.78, 5) is 16.0. The van der Waals surface area contributed by atoms with E-state index in [-0.39, 0.29) is 35.6 Å². The molecule has 0 aliphatic heterocycles. The number of nitrogens with zero attached hydrogens (tertiary/aromatic N) is 2. The molecule has 166 valence electrons. The van der Waals surface area contributed by atoms with Gasteiger partial charge in [0.2, 0.25) is 5.56 Å². The lowest BCUT2D eigenvalue weighted by Gasteiger charge is -2.19. The van der Waals surface area contributed by atoms with E-state index in [9.17, 15) is 4.79 Å². The van der Waals surface area contributed by atoms with Crippen molar-refractivity contribution >= 4 is 29.9 Å². The van der Waals surface area contributed by atoms with Crippen LogP contribution in [0.2, 0.25) is 0 Å². The molecule has 1 aromatic carbocycles. The van der Waals surface area contributed by atoms with Gasteiger partial charge in [-0.3, -0.25) is 9.79 Å². The van der Waals surface area contributed by atoms with Crippen LogP contribution in [0.4, 0.5) is 0 Å². The predicted molar refractivity (Wildman–Crippen MR) is 135 cm³/mol. The Morgan fingerprint density at radius 1 is 1.10 bits per heavy atom. The fourth-order valence-corrected chi connectivity index (χ4v) is 2.86. The number of aliphatic imine (C=N–C) groups is 1. The van der Waals surface area contributed by atoms with Crippen molar-refractivity contribution < 1.29 is 4.74 Å². The molecule has 1 atom stereocenters. The van der Waals surface area contributed by atoms with Crippen LogP contribution in [-0.4, -0.2) is 30.7 Å². The highest BCUT2D eigenvalue weighted by molar-refractivity contribution is 14.0. The molecule has 1 unspecified atom stereocenters. The number of guanidine groups is 1. The molecule has 0 radical (unpaired) electrons. The maximum Gasteiger partial charge on any atom is 0.250 e. The molecule has 0 bridgehead atoms. The van der Waals surface area contributed by atoms with Crippen LogP contribution < -0.4 is 20.9 Å². The normalized spacial score (nSPS) is 12.2. The number of nitrogens with one attached hydrogen (secondary N) is 2. The molecule has 0 saturated heterocycles. The quantitative estimate of drug-likeness (QED) is 0.211. The molecule has 0 aliphatic rings. The van der Waals surface area contributed by atoms with Crippen LogP contribution in [0.5, 0.6) is 5.75 Å². The highest BCUT2D eigenvalue weighted by atomic mass is 127. The van der Waals surface area contributed by atoms with Crippen molar-refractivity contribution in [3.05, 3.63) is 64.6 Å². The number of halogens is 1. The summed E-state index contributed by atoms with van der Waals surface area (Å²) in [6, 6.07) is 13.6. The summed E-state index contributed by atoms with van der Waals surface area (Å²) in [5.74, 6) is 2.18. The van der Waals surface area contributed by atoms with E-state index in [2.05, 4.69) is 48.5 Å². The van der Waals surface area contributed by atoms with Crippen LogP contribution in [0.25, 0.3) is 0 Å². The zero-order chi connectivity index (χ0) is 21.1. The summed E-state index contributed by atoms with van der Waals surface area (Å²) in [5.41, 5.74) is 1.22. The van der Waals surface area contributed by atoms with Crippen molar-refractivity contribution in [2.75, 3.05) is 20.2 Å². The smallest absolute Gasteiger partial charge is 0.250 e. The van der Waals surface area contributed by atoms with Crippen molar-refractivity contribution in [3.8, 4) is 5.75 Å². The van der Waals surface area contributed by atoms with Crippen molar-refractivity contribution in [1.29, 1.82) is 0 Å². The Morgan fingerprint density at radius 2 is 1.83 bits per heavy atom. The topological polar surface area (TPSA) is 67.7 Å². The molecule has 1 aromatic heterocycles. The minimum absolute atomic E-state index is 0. The van der Waals surface area contributed by atoms with Gasteiger partial charge in [0.1, 0.15) is 5.75 Å². The van der Waals surface area contributed by atoms with Crippen LogP contribution in [0, 0.1) is 5.92 Å². The first kappa shape index (κ1) is 26.0. The molecule has 0 amide bonds. The van der Waals surface area contributed by atoms with Gasteiger partial charge in [-0.15, -0.1) is 24.0 Å². The number of ether oxygens (including phenoxy) is 1. The summed E-state index contributed by atoms with van der Waals surface area (Å²) in [7, 11) is 1.77. The van der Waals surface area contributed by atoms with Crippen LogP contribution in [0.1, 0.15) is 45.2 Å². The second-order valence-corrected chi connectivity index (χ2v) is 7.58. The third-order valence-electron chi connectivity index (χ3n) is 4.56. The Labute approximate surface area is 197 Å². The number of unbranched alkanes of at least 4 members (excludes halogenated alkanes) is 1. The fraction of sp³-hybridized carbons (Fsp3) is 0.478. The van der Waals surface area contributed by atoms with Gasteiger partial charge in [-0.05, 0) is 49.4 Å². The van der Waals surface area contributed by atoms with Gasteiger partial charge < -0.3 is 19.9 Å². The molecule has 0 saturated carbocycles. The maximum atomic E-state index is 11.7. The Bertz CT molecular complexity index is 818. The standard InChI is InChI=1S/C23H34N4O2.HI/c1-18(2)17-29-21-12-10-20(11-13-21)19(3)26-23(24-4)25-14-6-8-16-27-15-7-5-9-22(27)28;/h5,7,9-13,15,18-19H,6,8,14,16-17H2,1-4H3,(H2,24,25,26);1H. The lowest BCUT2D eigenvalue weighted by Crippen LogP contribution is -2.39. The Hall–Kier alpha value is -2.03. The molecule has 30 heavy (non-hydrogen) atoms. The first-order chi connectivity index (χ1) is 14.0. The second-order valence-electron chi connectivity index (χ2n) is 7.58. The van der Waals surface area contributed by atoms with Crippen LogP contribution in [0.3, 0.4) is 0 Å². The first-order valence-electron chi connectivity index (χ1n) is 10.3. The predicted octanol–water partition coefficient (Wildman–Crippen LogP) is 4.21. The van der Waals surface area contributed by atoms with E-state index in [1.807, 2.05) is 24.4 Å². The molecular weight excluding hydrogens is 491 g/mol.